The van der Waals surface area contributed by atoms with E-state index in [1.807, 2.05) is 0 Å². The van der Waals surface area contributed by atoms with Crippen LogP contribution in [0.15, 0.2) is 49.1 Å². The van der Waals surface area contributed by atoms with Crippen LogP contribution in [0.5, 0.6) is 0 Å². The standard InChI is InChI=1S/C32H54N2/c1-3-5-7-9-10-11-12-13-14-15-16-20-24-31(28-30-22-18-17-19-23-30)32(25-21-8-6-4-2)34-27-26-33-29-34/h17-19,22-23,26-27,29,31-32H,3-16,20-21,24-25,28H2,1-2H3/p+1. The third-order valence-electron chi connectivity index (χ3n) is 7.62. The van der Waals surface area contributed by atoms with E-state index < -0.39 is 0 Å². The highest BCUT2D eigenvalue weighted by atomic mass is 15.1. The Morgan fingerprint density at radius 1 is 0.647 bits per heavy atom. The first kappa shape index (κ1) is 28.7. The van der Waals surface area contributed by atoms with Crippen LogP contribution in [0.3, 0.4) is 0 Å². The zero-order chi connectivity index (χ0) is 24.1. The number of benzene rings is 1. The summed E-state index contributed by atoms with van der Waals surface area (Å²) < 4.78 is 2.47. The average molecular weight is 468 g/mol. The second-order valence-corrected chi connectivity index (χ2v) is 10.6. The number of aromatic amines is 1. The van der Waals surface area contributed by atoms with Gasteiger partial charge in [0.15, 0.2) is 0 Å². The van der Waals surface area contributed by atoms with Crippen molar-refractivity contribution < 1.29 is 4.57 Å². The molecule has 0 aliphatic heterocycles. The average Bonchev–Trinajstić information content (AvgIpc) is 3.39. The van der Waals surface area contributed by atoms with Gasteiger partial charge in [0.1, 0.15) is 18.4 Å². The summed E-state index contributed by atoms with van der Waals surface area (Å²) in [7, 11) is 0. The molecule has 2 aromatic rings. The Kier molecular flexibility index (Phi) is 16.6. The number of nitrogens with one attached hydrogen (secondary N) is 1. The van der Waals surface area contributed by atoms with Crippen LogP contribution in [-0.2, 0) is 6.42 Å². The first-order chi connectivity index (χ1) is 16.8. The van der Waals surface area contributed by atoms with Crippen molar-refractivity contribution in [3.05, 3.63) is 54.6 Å². The third kappa shape index (κ3) is 12.8. The Hall–Kier alpha value is -1.57. The monoisotopic (exact) mass is 467 g/mol. The highest BCUT2D eigenvalue weighted by molar-refractivity contribution is 5.15. The van der Waals surface area contributed by atoms with Gasteiger partial charge in [-0.15, -0.1) is 0 Å². The summed E-state index contributed by atoms with van der Waals surface area (Å²) in [5, 5.41) is 0. The highest BCUT2D eigenvalue weighted by Gasteiger charge is 2.26. The number of rotatable bonds is 22. The van der Waals surface area contributed by atoms with Crippen molar-refractivity contribution in [2.75, 3.05) is 0 Å². The summed E-state index contributed by atoms with van der Waals surface area (Å²) in [6.45, 7) is 4.61. The van der Waals surface area contributed by atoms with Crippen molar-refractivity contribution in [2.24, 2.45) is 5.92 Å². The second kappa shape index (κ2) is 19.7. The molecule has 192 valence electrons. The maximum Gasteiger partial charge on any atom is 0.241 e. The van der Waals surface area contributed by atoms with Crippen LogP contribution < -0.4 is 4.57 Å². The minimum atomic E-state index is 0.607. The number of hydrogen-bond donors (Lipinski definition) is 1. The molecule has 0 bridgehead atoms. The van der Waals surface area contributed by atoms with E-state index in [-0.39, 0.29) is 0 Å². The van der Waals surface area contributed by atoms with Gasteiger partial charge in [-0.25, -0.2) is 4.57 Å². The van der Waals surface area contributed by atoms with Crippen molar-refractivity contribution >= 4 is 0 Å². The van der Waals surface area contributed by atoms with E-state index in [4.69, 9.17) is 0 Å². The Morgan fingerprint density at radius 2 is 1.18 bits per heavy atom. The SMILES string of the molecule is CCCCCCCCCCCCCCC(Cc1ccccc1)C(CCCCCC)[n+]1cc[nH]c1. The van der Waals surface area contributed by atoms with E-state index >= 15 is 0 Å². The lowest BCUT2D eigenvalue weighted by molar-refractivity contribution is -0.730. The summed E-state index contributed by atoms with van der Waals surface area (Å²) in [6, 6.07) is 11.8. The molecular formula is C32H55N2+. The molecule has 0 saturated carbocycles. The van der Waals surface area contributed by atoms with Gasteiger partial charge in [-0.3, -0.25) is 4.98 Å². The molecule has 1 heterocycles. The van der Waals surface area contributed by atoms with E-state index in [0.29, 0.717) is 12.0 Å². The van der Waals surface area contributed by atoms with E-state index in [1.54, 1.807) is 0 Å². The molecule has 2 rings (SSSR count). The van der Waals surface area contributed by atoms with E-state index in [2.05, 4.69) is 72.5 Å². The van der Waals surface area contributed by atoms with Gasteiger partial charge in [0, 0.05) is 5.92 Å². The normalized spacial score (nSPS) is 13.2. The van der Waals surface area contributed by atoms with Crippen LogP contribution in [0, 0.1) is 5.92 Å². The Labute approximate surface area is 212 Å². The summed E-state index contributed by atoms with van der Waals surface area (Å²) in [5.74, 6) is 0.716. The molecule has 0 fully saturated rings. The molecule has 0 aliphatic carbocycles. The molecular weight excluding hydrogens is 412 g/mol. The lowest BCUT2D eigenvalue weighted by atomic mass is 9.84. The lowest BCUT2D eigenvalue weighted by Crippen LogP contribution is -2.42. The van der Waals surface area contributed by atoms with Crippen LogP contribution in [0.2, 0.25) is 0 Å². The maximum absolute atomic E-state index is 3.31. The number of hydrogen-bond acceptors (Lipinski definition) is 0. The van der Waals surface area contributed by atoms with Gasteiger partial charge in [0.2, 0.25) is 6.33 Å². The first-order valence-corrected chi connectivity index (χ1v) is 14.9. The molecule has 0 spiro atoms. The number of imidazole rings is 1. The number of aromatic nitrogens is 2. The molecule has 0 amide bonds. The van der Waals surface area contributed by atoms with Crippen molar-refractivity contribution in [1.82, 2.24) is 4.98 Å². The summed E-state index contributed by atoms with van der Waals surface area (Å²) in [5.41, 5.74) is 1.50. The summed E-state index contributed by atoms with van der Waals surface area (Å²) in [4.78, 5) is 3.31. The largest absolute Gasteiger partial charge is 0.250 e. The van der Waals surface area contributed by atoms with Gasteiger partial charge in [-0.1, -0.05) is 140 Å². The molecule has 0 saturated heterocycles. The molecule has 34 heavy (non-hydrogen) atoms. The van der Waals surface area contributed by atoms with Crippen molar-refractivity contribution in [3.63, 3.8) is 0 Å². The van der Waals surface area contributed by atoms with Crippen LogP contribution in [0.4, 0.5) is 0 Å². The van der Waals surface area contributed by atoms with E-state index in [9.17, 15) is 0 Å². The first-order valence-electron chi connectivity index (χ1n) is 14.9. The molecule has 0 radical (unpaired) electrons. The maximum atomic E-state index is 3.31. The molecule has 2 nitrogen and oxygen atoms in total. The van der Waals surface area contributed by atoms with Crippen LogP contribution >= 0.6 is 0 Å². The highest BCUT2D eigenvalue weighted by Crippen LogP contribution is 2.29. The van der Waals surface area contributed by atoms with Crippen LogP contribution in [0.25, 0.3) is 0 Å². The topological polar surface area (TPSA) is 19.7 Å². The fourth-order valence-corrected chi connectivity index (χ4v) is 5.51. The van der Waals surface area contributed by atoms with Crippen LogP contribution in [0.1, 0.15) is 141 Å². The van der Waals surface area contributed by atoms with Crippen molar-refractivity contribution in [3.8, 4) is 0 Å². The Balaban J connectivity index is 1.77. The zero-order valence-electron chi connectivity index (χ0n) is 22.7. The number of unbranched alkanes of at least 4 members (excludes halogenated alkanes) is 14. The smallest absolute Gasteiger partial charge is 0.241 e. The van der Waals surface area contributed by atoms with Gasteiger partial charge in [0.25, 0.3) is 0 Å². The third-order valence-corrected chi connectivity index (χ3v) is 7.62. The van der Waals surface area contributed by atoms with Crippen LogP contribution in [-0.4, -0.2) is 4.98 Å². The van der Waals surface area contributed by atoms with Gasteiger partial charge in [0.05, 0.1) is 0 Å². The number of H-pyrrole nitrogens is 1. The molecule has 1 aromatic carbocycles. The van der Waals surface area contributed by atoms with Gasteiger partial charge < -0.3 is 0 Å². The van der Waals surface area contributed by atoms with Gasteiger partial charge in [-0.2, -0.15) is 0 Å². The molecule has 0 aliphatic rings. The minimum absolute atomic E-state index is 0.607. The fourth-order valence-electron chi connectivity index (χ4n) is 5.51. The quantitative estimate of drug-likeness (QED) is 0.131. The summed E-state index contributed by atoms with van der Waals surface area (Å²) >= 11 is 0. The molecule has 2 unspecified atom stereocenters. The fraction of sp³-hybridized carbons (Fsp3) is 0.719. The Morgan fingerprint density at radius 3 is 1.74 bits per heavy atom. The van der Waals surface area contributed by atoms with E-state index in [1.165, 1.54) is 128 Å². The predicted molar refractivity (Wildman–Crippen MR) is 148 cm³/mol. The van der Waals surface area contributed by atoms with Crippen molar-refractivity contribution in [2.45, 2.75) is 142 Å². The second-order valence-electron chi connectivity index (χ2n) is 10.6. The summed E-state index contributed by atoms with van der Waals surface area (Å²) in [6.07, 6.45) is 32.9. The number of nitrogens with zero attached hydrogens (tertiary/aromatic N) is 1. The molecule has 2 heteroatoms. The van der Waals surface area contributed by atoms with Crippen molar-refractivity contribution in [1.29, 1.82) is 0 Å². The van der Waals surface area contributed by atoms with Gasteiger partial charge in [-0.05, 0) is 31.2 Å². The Bertz CT molecular complexity index is 664. The van der Waals surface area contributed by atoms with Gasteiger partial charge >= 0.3 is 0 Å². The molecule has 1 N–H and O–H groups in total. The zero-order valence-corrected chi connectivity index (χ0v) is 22.7. The lowest BCUT2D eigenvalue weighted by Gasteiger charge is -2.25. The molecule has 1 aromatic heterocycles. The minimum Gasteiger partial charge on any atom is -0.250 e. The van der Waals surface area contributed by atoms with E-state index in [0.717, 1.165) is 0 Å². The predicted octanol–water partition coefficient (Wildman–Crippen LogP) is 9.76. The molecule has 2 atom stereocenters.